The van der Waals surface area contributed by atoms with E-state index >= 15 is 0 Å². The van der Waals surface area contributed by atoms with Gasteiger partial charge in [-0.15, -0.1) is 0 Å². The molecule has 0 saturated carbocycles. The molecule has 1 saturated heterocycles. The lowest BCUT2D eigenvalue weighted by Gasteiger charge is -2.43. The molecule has 1 amide bonds. The van der Waals surface area contributed by atoms with Crippen LogP contribution in [0.15, 0.2) is 53.8 Å². The molecule has 3 aromatic heterocycles. The van der Waals surface area contributed by atoms with Crippen LogP contribution in [0.4, 0.5) is 0 Å². The van der Waals surface area contributed by atoms with Gasteiger partial charge in [0.2, 0.25) is 0 Å². The van der Waals surface area contributed by atoms with E-state index in [9.17, 15) is 9.59 Å². The summed E-state index contributed by atoms with van der Waals surface area (Å²) in [6.45, 7) is 3.89. The number of piperidine rings is 1. The van der Waals surface area contributed by atoms with E-state index in [0.717, 1.165) is 37.6 Å². The Labute approximate surface area is 180 Å². The maximum Gasteiger partial charge on any atom is 0.263 e. The summed E-state index contributed by atoms with van der Waals surface area (Å²) in [4.78, 5) is 39.4. The van der Waals surface area contributed by atoms with E-state index in [-0.39, 0.29) is 17.0 Å². The van der Waals surface area contributed by atoms with Crippen LogP contribution in [0.25, 0.3) is 0 Å². The van der Waals surface area contributed by atoms with E-state index in [1.807, 2.05) is 23.0 Å². The van der Waals surface area contributed by atoms with Crippen LogP contribution in [0, 0.1) is 5.92 Å². The first-order valence-corrected chi connectivity index (χ1v) is 10.8. The fourth-order valence-corrected chi connectivity index (χ4v) is 4.92. The van der Waals surface area contributed by atoms with Crippen molar-refractivity contribution >= 4 is 5.91 Å². The Hall–Kier alpha value is -3.26. The van der Waals surface area contributed by atoms with Crippen LogP contribution >= 0.6 is 0 Å². The minimum atomic E-state index is -0.318. The minimum Gasteiger partial charge on any atom is -0.351 e. The summed E-state index contributed by atoms with van der Waals surface area (Å²) in [7, 11) is 0. The number of hydrogen-bond donors (Lipinski definition) is 2. The number of aromatic nitrogens is 4. The fraction of sp³-hybridized carbons (Fsp3) is 0.391. The van der Waals surface area contributed by atoms with Crippen molar-refractivity contribution in [1.29, 1.82) is 0 Å². The average molecular weight is 419 g/mol. The predicted octanol–water partition coefficient (Wildman–Crippen LogP) is 1.56. The Morgan fingerprint density at radius 2 is 2.00 bits per heavy atom. The van der Waals surface area contributed by atoms with Crippen molar-refractivity contribution in [3.05, 3.63) is 82.1 Å². The number of carbonyl (C=O) groups excluding carboxylic acids is 1. The van der Waals surface area contributed by atoms with Gasteiger partial charge < -0.3 is 14.9 Å². The molecule has 5 heterocycles. The normalized spacial score (nSPS) is 20.3. The number of pyridine rings is 2. The predicted molar refractivity (Wildman–Crippen MR) is 116 cm³/mol. The molecule has 0 spiro atoms. The second-order valence-electron chi connectivity index (χ2n) is 8.48. The van der Waals surface area contributed by atoms with Gasteiger partial charge in [0.1, 0.15) is 11.4 Å². The van der Waals surface area contributed by atoms with Crippen LogP contribution in [-0.4, -0.2) is 50.0 Å². The van der Waals surface area contributed by atoms with Crippen molar-refractivity contribution in [1.82, 2.24) is 29.7 Å². The van der Waals surface area contributed by atoms with Gasteiger partial charge >= 0.3 is 0 Å². The van der Waals surface area contributed by atoms with Crippen molar-refractivity contribution in [3.63, 3.8) is 0 Å². The molecule has 2 aliphatic heterocycles. The molecule has 2 bridgehead atoms. The number of rotatable bonds is 6. The summed E-state index contributed by atoms with van der Waals surface area (Å²) >= 11 is 0. The molecule has 0 aliphatic carbocycles. The van der Waals surface area contributed by atoms with E-state index < -0.39 is 0 Å². The van der Waals surface area contributed by atoms with E-state index in [1.165, 1.54) is 5.56 Å². The zero-order valence-corrected chi connectivity index (χ0v) is 17.3. The number of imidazole rings is 1. The van der Waals surface area contributed by atoms with E-state index in [4.69, 9.17) is 0 Å². The van der Waals surface area contributed by atoms with Gasteiger partial charge in [0, 0.05) is 75.5 Å². The highest BCUT2D eigenvalue weighted by atomic mass is 16.2. The van der Waals surface area contributed by atoms with Gasteiger partial charge in [-0.1, -0.05) is 0 Å². The van der Waals surface area contributed by atoms with Gasteiger partial charge in [0.05, 0.1) is 0 Å². The SMILES string of the molecule is O=C(NCCc1ncc[nH]1)c1ccc2n(c1=O)C[C@H]1C[C@@H]2CN(Cc2ccncc2)C1. The molecule has 0 radical (unpaired) electrons. The third kappa shape index (κ3) is 4.16. The summed E-state index contributed by atoms with van der Waals surface area (Å²) < 4.78 is 1.84. The molecule has 2 aliphatic rings. The second-order valence-corrected chi connectivity index (χ2v) is 8.48. The Balaban J connectivity index is 1.29. The van der Waals surface area contributed by atoms with Crippen LogP contribution in [0.3, 0.4) is 0 Å². The summed E-state index contributed by atoms with van der Waals surface area (Å²) in [5.41, 5.74) is 2.35. The molecule has 2 N–H and O–H groups in total. The fourth-order valence-electron chi connectivity index (χ4n) is 4.92. The quantitative estimate of drug-likeness (QED) is 0.633. The van der Waals surface area contributed by atoms with Gasteiger partial charge in [0.15, 0.2) is 0 Å². The maximum atomic E-state index is 13.1. The Kier molecular flexibility index (Phi) is 5.38. The van der Waals surface area contributed by atoms with Crippen molar-refractivity contribution in [3.8, 4) is 0 Å². The highest BCUT2D eigenvalue weighted by molar-refractivity contribution is 5.93. The van der Waals surface area contributed by atoms with E-state index in [2.05, 4.69) is 37.3 Å². The Bertz CT molecular complexity index is 1110. The molecule has 160 valence electrons. The third-order valence-electron chi connectivity index (χ3n) is 6.28. The maximum absolute atomic E-state index is 13.1. The first-order chi connectivity index (χ1) is 15.2. The van der Waals surface area contributed by atoms with Crippen molar-refractivity contribution in [2.45, 2.75) is 31.8 Å². The van der Waals surface area contributed by atoms with Gasteiger partial charge in [0.25, 0.3) is 11.5 Å². The van der Waals surface area contributed by atoms with Crippen molar-refractivity contribution < 1.29 is 4.79 Å². The van der Waals surface area contributed by atoms with Crippen LogP contribution in [0.5, 0.6) is 0 Å². The number of fused-ring (bicyclic) bond motifs is 4. The summed E-state index contributed by atoms with van der Waals surface area (Å²) in [6.07, 6.45) is 8.79. The van der Waals surface area contributed by atoms with Crippen molar-refractivity contribution in [2.75, 3.05) is 19.6 Å². The smallest absolute Gasteiger partial charge is 0.263 e. The van der Waals surface area contributed by atoms with Gasteiger partial charge in [-0.2, -0.15) is 0 Å². The minimum absolute atomic E-state index is 0.176. The zero-order chi connectivity index (χ0) is 21.2. The monoisotopic (exact) mass is 418 g/mol. The summed E-state index contributed by atoms with van der Waals surface area (Å²) in [5.74, 6) is 1.23. The van der Waals surface area contributed by atoms with Crippen LogP contribution in [-0.2, 0) is 19.5 Å². The van der Waals surface area contributed by atoms with Gasteiger partial charge in [-0.25, -0.2) is 4.98 Å². The van der Waals surface area contributed by atoms with Gasteiger partial charge in [-0.05, 0) is 42.2 Å². The Morgan fingerprint density at radius 1 is 1.13 bits per heavy atom. The lowest BCUT2D eigenvalue weighted by Crippen LogP contribution is -2.47. The third-order valence-corrected chi connectivity index (χ3v) is 6.28. The molecule has 3 aromatic rings. The number of amides is 1. The number of aromatic amines is 1. The number of nitrogens with one attached hydrogen (secondary N) is 2. The first kappa shape index (κ1) is 19.7. The highest BCUT2D eigenvalue weighted by Gasteiger charge is 2.35. The molecular weight excluding hydrogens is 392 g/mol. The van der Waals surface area contributed by atoms with Crippen molar-refractivity contribution in [2.24, 2.45) is 5.92 Å². The molecule has 5 rings (SSSR count). The van der Waals surface area contributed by atoms with E-state index in [0.29, 0.717) is 31.3 Å². The molecule has 8 heteroatoms. The largest absolute Gasteiger partial charge is 0.351 e. The highest BCUT2D eigenvalue weighted by Crippen LogP contribution is 2.35. The number of carbonyl (C=O) groups is 1. The lowest BCUT2D eigenvalue weighted by atomic mass is 9.83. The number of H-pyrrole nitrogens is 1. The second kappa shape index (κ2) is 8.47. The number of hydrogen-bond acceptors (Lipinski definition) is 5. The van der Waals surface area contributed by atoms with Crippen LogP contribution < -0.4 is 10.9 Å². The molecule has 2 atom stereocenters. The van der Waals surface area contributed by atoms with Crippen LogP contribution in [0.2, 0.25) is 0 Å². The number of likely N-dealkylation sites (tertiary alicyclic amines) is 1. The molecular formula is C23H26N6O2. The average Bonchev–Trinajstić information content (AvgIpc) is 3.29. The molecule has 0 unspecified atom stereocenters. The molecule has 31 heavy (non-hydrogen) atoms. The van der Waals surface area contributed by atoms with E-state index in [1.54, 1.807) is 18.5 Å². The van der Waals surface area contributed by atoms with Gasteiger partial charge in [-0.3, -0.25) is 19.5 Å². The summed E-state index contributed by atoms with van der Waals surface area (Å²) in [5, 5.41) is 2.84. The zero-order valence-electron chi connectivity index (χ0n) is 17.3. The summed E-state index contributed by atoms with van der Waals surface area (Å²) in [6, 6.07) is 7.78. The first-order valence-electron chi connectivity index (χ1n) is 10.8. The lowest BCUT2D eigenvalue weighted by molar-refractivity contribution is 0.0947. The van der Waals surface area contributed by atoms with Crippen LogP contribution in [0.1, 0.15) is 39.8 Å². The molecule has 0 aromatic carbocycles. The Morgan fingerprint density at radius 3 is 2.81 bits per heavy atom. The molecule has 8 nitrogen and oxygen atoms in total. The standard InChI is InChI=1S/C23H26N6O2/c30-22(27-8-5-21-25-9-10-26-21)19-1-2-20-18-11-17(14-29(20)23(19)31)13-28(15-18)12-16-3-6-24-7-4-16/h1-4,6-7,9-10,17-18H,5,8,11-15H2,(H,25,26)(H,27,30)/t17-,18+/m0/s1. The molecule has 1 fully saturated rings. The topological polar surface area (TPSA) is 95.9 Å². The number of nitrogens with zero attached hydrogens (tertiary/aromatic N) is 4.